The molecule has 0 atom stereocenters. The van der Waals surface area contributed by atoms with Crippen molar-refractivity contribution >= 4 is 19.7 Å². The van der Waals surface area contributed by atoms with E-state index < -0.39 is 0 Å². The number of benzene rings is 1. The fourth-order valence-corrected chi connectivity index (χ4v) is 3.83. The van der Waals surface area contributed by atoms with Gasteiger partial charge in [-0.05, 0) is 48.4 Å². The van der Waals surface area contributed by atoms with E-state index in [0.29, 0.717) is 5.41 Å². The summed E-state index contributed by atoms with van der Waals surface area (Å²) < 4.78 is 0. The summed E-state index contributed by atoms with van der Waals surface area (Å²) in [6, 6.07) is 8.81. The Bertz CT molecular complexity index is 480. The first-order chi connectivity index (χ1) is 6.80. The summed E-state index contributed by atoms with van der Waals surface area (Å²) in [5.74, 6) is 2.36. The molecule has 1 heteroatoms. The highest BCUT2D eigenvalue weighted by Crippen LogP contribution is 2.54. The van der Waals surface area contributed by atoms with Gasteiger partial charge in [-0.3, -0.25) is 0 Å². The van der Waals surface area contributed by atoms with Crippen molar-refractivity contribution in [2.24, 2.45) is 5.41 Å². The van der Waals surface area contributed by atoms with Crippen LogP contribution in [0.5, 0.6) is 0 Å². The van der Waals surface area contributed by atoms with E-state index in [2.05, 4.69) is 37.0 Å². The Balaban J connectivity index is 2.24. The number of rotatable bonds is 1. The lowest BCUT2D eigenvalue weighted by atomic mass is 9.70. The van der Waals surface area contributed by atoms with Crippen molar-refractivity contribution in [1.82, 2.24) is 0 Å². The maximum Gasteiger partial charge on any atom is -0.00582 e. The average Bonchev–Trinajstić information content (AvgIpc) is 2.58. The van der Waals surface area contributed by atoms with Crippen LogP contribution in [-0.2, 0) is 0 Å². The van der Waals surface area contributed by atoms with Crippen molar-refractivity contribution in [1.29, 1.82) is 0 Å². The second kappa shape index (κ2) is 2.94. The lowest BCUT2D eigenvalue weighted by Gasteiger charge is -2.39. The molecule has 0 amide bonds. The normalized spacial score (nSPS) is 24.2. The lowest BCUT2D eigenvalue weighted by Crippen LogP contribution is -2.32. The average molecular weight is 201 g/mol. The van der Waals surface area contributed by atoms with E-state index in [-0.39, 0.29) is 0 Å². The van der Waals surface area contributed by atoms with Crippen LogP contribution >= 0.6 is 8.58 Å². The van der Waals surface area contributed by atoms with Crippen molar-refractivity contribution in [3.05, 3.63) is 34.7 Å². The van der Waals surface area contributed by atoms with Crippen molar-refractivity contribution in [2.75, 3.05) is 0 Å². The fraction of sp³-hybridized carbons (Fsp3) is 0.385. The predicted molar refractivity (Wildman–Crippen MR) is 62.4 cm³/mol. The van der Waals surface area contributed by atoms with Crippen LogP contribution in [0.15, 0.2) is 24.3 Å². The highest BCUT2D eigenvalue weighted by atomic mass is 31.1. The van der Waals surface area contributed by atoms with E-state index in [1.54, 1.807) is 5.31 Å². The Hall–Kier alpha value is -0.610. The lowest BCUT2D eigenvalue weighted by molar-refractivity contribution is 0.253. The molecule has 0 aromatic heterocycles. The van der Waals surface area contributed by atoms with Gasteiger partial charge in [0.15, 0.2) is 0 Å². The van der Waals surface area contributed by atoms with Crippen LogP contribution in [0.2, 0.25) is 0 Å². The molecule has 1 fully saturated rings. The Labute approximate surface area is 86.5 Å². The Morgan fingerprint density at radius 1 is 1.21 bits per heavy atom. The third-order valence-corrected chi connectivity index (χ3v) is 5.02. The van der Waals surface area contributed by atoms with Crippen molar-refractivity contribution < 1.29 is 0 Å². The van der Waals surface area contributed by atoms with Crippen LogP contribution in [0, 0.1) is 5.41 Å². The molecule has 0 bridgehead atoms. The highest BCUT2D eigenvalue weighted by Gasteiger charge is 2.36. The van der Waals surface area contributed by atoms with Gasteiger partial charge in [-0.25, -0.2) is 0 Å². The highest BCUT2D eigenvalue weighted by molar-refractivity contribution is 7.58. The number of hydrogen-bond donors (Lipinski definition) is 0. The standard InChI is InChI=1S/C13H14P/c1-13(7-4-8-13)12-11-6-3-2-5-10(11)9-14-12/h2-3,5-6,9H,4,7-8H2,1H3. The SMILES string of the molecule is CC1(C2=c3ccccc3=C[P]2)CCC1. The first-order valence-electron chi connectivity index (χ1n) is 5.30. The van der Waals surface area contributed by atoms with Gasteiger partial charge < -0.3 is 0 Å². The quantitative estimate of drug-likeness (QED) is 0.613. The molecule has 0 unspecified atom stereocenters. The van der Waals surface area contributed by atoms with Gasteiger partial charge in [-0.2, -0.15) is 0 Å². The van der Waals surface area contributed by atoms with E-state index in [9.17, 15) is 0 Å². The third kappa shape index (κ3) is 1.10. The van der Waals surface area contributed by atoms with Gasteiger partial charge in [0.25, 0.3) is 0 Å². The molecule has 1 aliphatic carbocycles. The monoisotopic (exact) mass is 201 g/mol. The molecular formula is C13H14P. The van der Waals surface area contributed by atoms with Gasteiger partial charge in [-0.1, -0.05) is 37.6 Å². The van der Waals surface area contributed by atoms with Crippen LogP contribution in [0.25, 0.3) is 11.1 Å². The van der Waals surface area contributed by atoms with Gasteiger partial charge in [0.05, 0.1) is 0 Å². The summed E-state index contributed by atoms with van der Waals surface area (Å²) >= 11 is 0. The molecule has 0 saturated heterocycles. The van der Waals surface area contributed by atoms with E-state index in [0.717, 1.165) is 0 Å². The number of hydrogen-bond acceptors (Lipinski definition) is 0. The minimum atomic E-state index is 0.519. The van der Waals surface area contributed by atoms with Gasteiger partial charge in [0.1, 0.15) is 0 Å². The molecule has 1 aromatic carbocycles. The zero-order chi connectivity index (χ0) is 9.60. The largest absolute Gasteiger partial charge is 0.0616 e. The zero-order valence-electron chi connectivity index (χ0n) is 8.46. The van der Waals surface area contributed by atoms with Crippen molar-refractivity contribution in [3.63, 3.8) is 0 Å². The predicted octanol–water partition coefficient (Wildman–Crippen LogP) is 2.68. The van der Waals surface area contributed by atoms with Crippen molar-refractivity contribution in [2.45, 2.75) is 26.2 Å². The van der Waals surface area contributed by atoms with Crippen LogP contribution in [0.1, 0.15) is 26.2 Å². The van der Waals surface area contributed by atoms with Crippen LogP contribution in [0.4, 0.5) is 0 Å². The van der Waals surface area contributed by atoms with Gasteiger partial charge >= 0.3 is 0 Å². The third-order valence-electron chi connectivity index (χ3n) is 3.58. The summed E-state index contributed by atoms with van der Waals surface area (Å²) in [5.41, 5.74) is 0.519. The summed E-state index contributed by atoms with van der Waals surface area (Å²) in [4.78, 5) is 0. The zero-order valence-corrected chi connectivity index (χ0v) is 9.35. The fourth-order valence-electron chi connectivity index (χ4n) is 2.45. The Morgan fingerprint density at radius 2 is 2.00 bits per heavy atom. The minimum Gasteiger partial charge on any atom is -0.0616 e. The molecule has 2 aliphatic rings. The van der Waals surface area contributed by atoms with Gasteiger partial charge in [0.2, 0.25) is 0 Å². The second-order valence-electron chi connectivity index (χ2n) is 4.61. The Morgan fingerprint density at radius 3 is 2.71 bits per heavy atom. The van der Waals surface area contributed by atoms with Gasteiger partial charge in [0, 0.05) is 0 Å². The molecule has 1 heterocycles. The maximum absolute atomic E-state index is 2.43. The molecule has 3 rings (SSSR count). The van der Waals surface area contributed by atoms with E-state index in [1.165, 1.54) is 38.3 Å². The summed E-state index contributed by atoms with van der Waals surface area (Å²) in [5, 5.41) is 4.62. The van der Waals surface area contributed by atoms with E-state index >= 15 is 0 Å². The molecule has 1 radical (unpaired) electrons. The smallest absolute Gasteiger partial charge is 0.00582 e. The van der Waals surface area contributed by atoms with Crippen LogP contribution < -0.4 is 10.4 Å². The molecule has 14 heavy (non-hydrogen) atoms. The summed E-state index contributed by atoms with van der Waals surface area (Å²) in [6.07, 6.45) is 4.19. The summed E-state index contributed by atoms with van der Waals surface area (Å²) in [6.45, 7) is 2.43. The van der Waals surface area contributed by atoms with Crippen LogP contribution in [-0.4, -0.2) is 0 Å². The van der Waals surface area contributed by atoms with Gasteiger partial charge in [-0.15, -0.1) is 0 Å². The van der Waals surface area contributed by atoms with Crippen LogP contribution in [0.3, 0.4) is 0 Å². The number of fused-ring (bicyclic) bond motifs is 1. The van der Waals surface area contributed by atoms with E-state index in [4.69, 9.17) is 0 Å². The second-order valence-corrected chi connectivity index (χ2v) is 5.57. The minimum absolute atomic E-state index is 0.519. The summed E-state index contributed by atoms with van der Waals surface area (Å²) in [7, 11) is 1.44. The van der Waals surface area contributed by atoms with E-state index in [1.807, 2.05) is 0 Å². The molecule has 71 valence electrons. The molecule has 0 spiro atoms. The van der Waals surface area contributed by atoms with Crippen molar-refractivity contribution in [3.8, 4) is 0 Å². The molecule has 1 aliphatic heterocycles. The molecule has 0 N–H and O–H groups in total. The molecule has 1 saturated carbocycles. The topological polar surface area (TPSA) is 0 Å². The maximum atomic E-state index is 2.43. The first kappa shape index (κ1) is 8.68. The first-order valence-corrected chi connectivity index (χ1v) is 6.27. The molecule has 0 nitrogen and oxygen atoms in total. The Kier molecular flexibility index (Phi) is 1.82. The molecule has 1 aromatic rings. The molecular weight excluding hydrogens is 187 g/mol.